The molecule has 1 aromatic heterocycles. The number of morpholine rings is 1. The summed E-state index contributed by atoms with van der Waals surface area (Å²) in [6.45, 7) is 8.48. The van der Waals surface area contributed by atoms with Gasteiger partial charge in [0.15, 0.2) is 0 Å². The molecule has 1 amide bonds. The largest absolute Gasteiger partial charge is 0.396 e. The molecular formula is C19H29N3O3S. The lowest BCUT2D eigenvalue weighted by molar-refractivity contribution is -0.127. The van der Waals surface area contributed by atoms with E-state index in [4.69, 9.17) is 4.74 Å². The van der Waals surface area contributed by atoms with Crippen LogP contribution in [0.15, 0.2) is 29.4 Å². The Balaban J connectivity index is 1.52. The number of pyridine rings is 1. The van der Waals surface area contributed by atoms with Crippen molar-refractivity contribution in [2.24, 2.45) is 11.8 Å². The summed E-state index contributed by atoms with van der Waals surface area (Å²) in [5.41, 5.74) is 0. The van der Waals surface area contributed by atoms with E-state index in [1.54, 1.807) is 6.20 Å². The second-order valence-corrected chi connectivity index (χ2v) is 8.43. The van der Waals surface area contributed by atoms with Crippen molar-refractivity contribution in [3.05, 3.63) is 24.4 Å². The van der Waals surface area contributed by atoms with Crippen molar-refractivity contribution in [2.45, 2.75) is 31.1 Å². The molecule has 0 saturated carbocycles. The zero-order chi connectivity index (χ0) is 18.5. The molecule has 144 valence electrons. The van der Waals surface area contributed by atoms with Crippen LogP contribution in [0.3, 0.4) is 0 Å². The summed E-state index contributed by atoms with van der Waals surface area (Å²) in [5.74, 6) is 1.01. The minimum absolute atomic E-state index is 0.130. The van der Waals surface area contributed by atoms with Crippen molar-refractivity contribution in [3.63, 3.8) is 0 Å². The third-order valence-electron chi connectivity index (χ3n) is 5.13. The second-order valence-electron chi connectivity index (χ2n) is 7.43. The van der Waals surface area contributed by atoms with Gasteiger partial charge >= 0.3 is 0 Å². The van der Waals surface area contributed by atoms with Crippen molar-refractivity contribution in [3.8, 4) is 0 Å². The number of aliphatic hydroxyl groups is 1. The van der Waals surface area contributed by atoms with E-state index in [0.717, 1.165) is 31.2 Å². The van der Waals surface area contributed by atoms with Crippen LogP contribution in [0.5, 0.6) is 0 Å². The smallest absolute Gasteiger partial charge is 0.233 e. The molecule has 6 nitrogen and oxygen atoms in total. The zero-order valence-corrected chi connectivity index (χ0v) is 16.4. The number of hydrogen-bond donors (Lipinski definition) is 1. The summed E-state index contributed by atoms with van der Waals surface area (Å²) >= 11 is 1.47. The highest BCUT2D eigenvalue weighted by Crippen LogP contribution is 2.26. The van der Waals surface area contributed by atoms with Crippen LogP contribution in [-0.2, 0) is 9.53 Å². The quantitative estimate of drug-likeness (QED) is 0.753. The summed E-state index contributed by atoms with van der Waals surface area (Å²) in [4.78, 5) is 21.2. The first-order valence-electron chi connectivity index (χ1n) is 9.35. The molecule has 0 spiro atoms. The van der Waals surface area contributed by atoms with E-state index < -0.39 is 0 Å². The topological polar surface area (TPSA) is 65.9 Å². The maximum atomic E-state index is 12.6. The van der Waals surface area contributed by atoms with Crippen molar-refractivity contribution in [1.29, 1.82) is 0 Å². The second kappa shape index (κ2) is 9.17. The van der Waals surface area contributed by atoms with Crippen molar-refractivity contribution in [2.75, 3.05) is 45.1 Å². The maximum Gasteiger partial charge on any atom is 0.233 e. The number of ether oxygens (including phenoxy) is 1. The minimum atomic E-state index is 0.130. The first kappa shape index (κ1) is 19.6. The molecule has 0 unspecified atom stereocenters. The van der Waals surface area contributed by atoms with E-state index in [1.807, 2.05) is 23.1 Å². The molecule has 2 saturated heterocycles. The van der Waals surface area contributed by atoms with Crippen LogP contribution in [0, 0.1) is 11.8 Å². The van der Waals surface area contributed by atoms with Crippen LogP contribution >= 0.6 is 11.8 Å². The third kappa shape index (κ3) is 5.19. The van der Waals surface area contributed by atoms with Crippen LogP contribution in [0.4, 0.5) is 0 Å². The number of carbonyl (C=O) groups excluding carboxylic acids is 1. The Kier molecular flexibility index (Phi) is 6.92. The Morgan fingerprint density at radius 1 is 1.23 bits per heavy atom. The van der Waals surface area contributed by atoms with Gasteiger partial charge in [0.25, 0.3) is 0 Å². The fourth-order valence-corrected chi connectivity index (χ4v) is 4.74. The standard InChI is InChI=1S/C19H29N3O3S/c1-14-7-21(8-15(2)25-14)9-16-10-22(11-17(16)12-23)19(24)13-26-18-5-3-4-6-20-18/h3-6,14-17,23H,7-13H2,1-2H3/t14-,15+,16-,17-/m1/s1. The van der Waals surface area contributed by atoms with Gasteiger partial charge in [0.05, 0.1) is 23.0 Å². The van der Waals surface area contributed by atoms with Gasteiger partial charge in [-0.1, -0.05) is 17.8 Å². The van der Waals surface area contributed by atoms with Gasteiger partial charge in [0, 0.05) is 51.4 Å². The summed E-state index contributed by atoms with van der Waals surface area (Å²) in [7, 11) is 0. The average molecular weight is 380 g/mol. The molecule has 2 fully saturated rings. The number of likely N-dealkylation sites (tertiary alicyclic amines) is 1. The SMILES string of the molecule is C[C@@H]1CN(C[C@@H]2CN(C(=O)CSc3ccccn3)C[C@@H]2CO)C[C@H](C)O1. The van der Waals surface area contributed by atoms with Crippen LogP contribution in [-0.4, -0.2) is 83.1 Å². The molecule has 3 rings (SSSR count). The van der Waals surface area contributed by atoms with Crippen LogP contribution in [0.2, 0.25) is 0 Å². The summed E-state index contributed by atoms with van der Waals surface area (Å²) in [6.07, 6.45) is 2.21. The molecule has 2 aliphatic rings. The number of hydrogen-bond acceptors (Lipinski definition) is 6. The summed E-state index contributed by atoms with van der Waals surface area (Å²) in [5, 5.41) is 10.6. The lowest BCUT2D eigenvalue weighted by atomic mass is 9.96. The molecule has 1 N–H and O–H groups in total. The Morgan fingerprint density at radius 2 is 1.96 bits per heavy atom. The van der Waals surface area contributed by atoms with E-state index >= 15 is 0 Å². The van der Waals surface area contributed by atoms with E-state index in [1.165, 1.54) is 11.8 Å². The molecule has 0 bridgehead atoms. The number of aromatic nitrogens is 1. The van der Waals surface area contributed by atoms with Gasteiger partial charge in [-0.05, 0) is 31.9 Å². The summed E-state index contributed by atoms with van der Waals surface area (Å²) < 4.78 is 5.80. The molecule has 0 aliphatic carbocycles. The molecule has 4 atom stereocenters. The van der Waals surface area contributed by atoms with Crippen molar-refractivity contribution in [1.82, 2.24) is 14.8 Å². The molecule has 26 heavy (non-hydrogen) atoms. The molecule has 0 aromatic carbocycles. The van der Waals surface area contributed by atoms with Crippen molar-refractivity contribution >= 4 is 17.7 Å². The minimum Gasteiger partial charge on any atom is -0.396 e. The highest BCUT2D eigenvalue weighted by molar-refractivity contribution is 7.99. The number of rotatable bonds is 6. The first-order valence-corrected chi connectivity index (χ1v) is 10.3. The van der Waals surface area contributed by atoms with Crippen LogP contribution < -0.4 is 0 Å². The molecular weight excluding hydrogens is 350 g/mol. The van der Waals surface area contributed by atoms with Crippen LogP contribution in [0.25, 0.3) is 0 Å². The molecule has 2 aliphatic heterocycles. The Bertz CT molecular complexity index is 579. The van der Waals surface area contributed by atoms with E-state index in [2.05, 4.69) is 23.7 Å². The Morgan fingerprint density at radius 3 is 2.62 bits per heavy atom. The van der Waals surface area contributed by atoms with Gasteiger partial charge < -0.3 is 14.7 Å². The van der Waals surface area contributed by atoms with Gasteiger partial charge in [-0.2, -0.15) is 0 Å². The number of nitrogens with zero attached hydrogens (tertiary/aromatic N) is 3. The molecule has 3 heterocycles. The van der Waals surface area contributed by atoms with E-state index in [-0.39, 0.29) is 30.6 Å². The predicted octanol–water partition coefficient (Wildman–Crippen LogP) is 1.35. The van der Waals surface area contributed by atoms with Gasteiger partial charge in [0.1, 0.15) is 0 Å². The number of amides is 1. The summed E-state index contributed by atoms with van der Waals surface area (Å²) in [6, 6.07) is 5.72. The monoisotopic (exact) mass is 379 g/mol. The lowest BCUT2D eigenvalue weighted by Crippen LogP contribution is -2.48. The Labute approximate surface area is 159 Å². The molecule has 0 radical (unpaired) electrons. The fourth-order valence-electron chi connectivity index (χ4n) is 3.98. The third-order valence-corrected chi connectivity index (χ3v) is 6.06. The molecule has 1 aromatic rings. The Hall–Kier alpha value is -1.15. The van der Waals surface area contributed by atoms with Gasteiger partial charge in [-0.25, -0.2) is 4.98 Å². The van der Waals surface area contributed by atoms with Gasteiger partial charge in [0.2, 0.25) is 5.91 Å². The number of thioether (sulfide) groups is 1. The fraction of sp³-hybridized carbons (Fsp3) is 0.684. The van der Waals surface area contributed by atoms with Gasteiger partial charge in [-0.3, -0.25) is 9.69 Å². The molecule has 7 heteroatoms. The maximum absolute atomic E-state index is 12.6. The first-order chi connectivity index (χ1) is 12.5. The number of aliphatic hydroxyl groups excluding tert-OH is 1. The highest BCUT2D eigenvalue weighted by Gasteiger charge is 2.36. The normalized spacial score (nSPS) is 29.9. The van der Waals surface area contributed by atoms with Crippen LogP contribution in [0.1, 0.15) is 13.8 Å². The van der Waals surface area contributed by atoms with Gasteiger partial charge in [-0.15, -0.1) is 0 Å². The van der Waals surface area contributed by atoms with E-state index in [0.29, 0.717) is 18.2 Å². The predicted molar refractivity (Wildman–Crippen MR) is 102 cm³/mol. The average Bonchev–Trinajstić information content (AvgIpc) is 3.02. The lowest BCUT2D eigenvalue weighted by Gasteiger charge is -2.37. The highest BCUT2D eigenvalue weighted by atomic mass is 32.2. The van der Waals surface area contributed by atoms with E-state index in [9.17, 15) is 9.90 Å². The zero-order valence-electron chi connectivity index (χ0n) is 15.6. The van der Waals surface area contributed by atoms with Crippen molar-refractivity contribution < 1.29 is 14.6 Å². The number of carbonyl (C=O) groups is 1.